The van der Waals surface area contributed by atoms with Crippen LogP contribution in [0.25, 0.3) is 0 Å². The Bertz CT molecular complexity index is 1780. The largest absolute Gasteiger partial charge is 0.756 e. The lowest BCUT2D eigenvalue weighted by Crippen LogP contribution is -2.37. The maximum atomic E-state index is 12.8. The molecule has 0 N–H and O–H groups in total. The van der Waals surface area contributed by atoms with Crippen LogP contribution >= 0.6 is 7.82 Å². The van der Waals surface area contributed by atoms with Crippen LogP contribution in [0.3, 0.4) is 0 Å². The van der Waals surface area contributed by atoms with Crippen molar-refractivity contribution in [3.8, 4) is 0 Å². The monoisotopic (exact) mass is 1100 g/mol. The van der Waals surface area contributed by atoms with Crippen molar-refractivity contribution in [2.45, 2.75) is 238 Å². The fraction of sp³-hybridized carbons (Fsp3) is 0.647. The van der Waals surface area contributed by atoms with Gasteiger partial charge in [-0.15, -0.1) is 0 Å². The number of hydrogen-bond acceptors (Lipinski definition) is 8. The van der Waals surface area contributed by atoms with Crippen molar-refractivity contribution in [2.75, 3.05) is 47.5 Å². The third kappa shape index (κ3) is 61.4. The third-order valence-corrected chi connectivity index (χ3v) is 13.6. The second-order valence-corrected chi connectivity index (χ2v) is 22.7. The minimum absolute atomic E-state index is 0.0398. The average molecular weight is 1100 g/mol. The summed E-state index contributed by atoms with van der Waals surface area (Å²) in [5, 5.41) is 0. The summed E-state index contributed by atoms with van der Waals surface area (Å²) < 4.78 is 34.2. The number of unbranched alkanes of at least 4 members (excludes halogenated alkanes) is 19. The number of rotatable bonds is 55. The molecule has 0 amide bonds. The molecule has 0 rings (SSSR count). The Kier molecular flexibility index (Phi) is 55.0. The van der Waals surface area contributed by atoms with E-state index in [1.165, 1.54) is 70.6 Å². The molecule has 0 spiro atoms. The molecular weight excluding hydrogens is 990 g/mol. The summed E-state index contributed by atoms with van der Waals surface area (Å²) in [5.41, 5.74) is 0. The van der Waals surface area contributed by atoms with Gasteiger partial charge in [-0.3, -0.25) is 14.2 Å². The van der Waals surface area contributed by atoms with Gasteiger partial charge in [-0.1, -0.05) is 244 Å². The summed E-state index contributed by atoms with van der Waals surface area (Å²) in [6, 6.07) is 0. The molecule has 0 radical (unpaired) electrons. The lowest BCUT2D eigenvalue weighted by atomic mass is 10.0. The molecule has 78 heavy (non-hydrogen) atoms. The van der Waals surface area contributed by atoms with Gasteiger partial charge >= 0.3 is 11.9 Å². The highest BCUT2D eigenvalue weighted by molar-refractivity contribution is 7.45. The molecule has 0 fully saturated rings. The Balaban J connectivity index is 4.19. The first-order chi connectivity index (χ1) is 38.0. The molecular formula is C68H114NO8P. The van der Waals surface area contributed by atoms with Gasteiger partial charge in [-0.05, 0) is 109 Å². The van der Waals surface area contributed by atoms with Gasteiger partial charge in [0.25, 0.3) is 7.82 Å². The SMILES string of the molecule is CC/C=C\C/C=C\C/C=C\C/C=C\C/C=C\C/C=C\CCCCCCCCCCCCC(=O)OC(COC(=O)CCCCCCCCCCC/C=C\C/C=C\C/C=C\C/C=C\C/C=C\CC)COP(=O)([O-])OCC[N+](C)(C)C. The molecule has 444 valence electrons. The van der Waals surface area contributed by atoms with Crippen LogP contribution in [0, 0.1) is 0 Å². The molecule has 0 saturated heterocycles. The van der Waals surface area contributed by atoms with E-state index in [1.807, 2.05) is 21.1 Å². The number of phosphoric ester groups is 1. The molecule has 0 aliphatic heterocycles. The number of nitrogens with zero attached hydrogens (tertiary/aromatic N) is 1. The smallest absolute Gasteiger partial charge is 0.306 e. The van der Waals surface area contributed by atoms with Gasteiger partial charge in [0.1, 0.15) is 19.8 Å². The molecule has 0 saturated carbocycles. The quantitative estimate of drug-likeness (QED) is 0.0195. The first-order valence-electron chi connectivity index (χ1n) is 30.9. The number of allylic oxidation sites excluding steroid dienone is 22. The van der Waals surface area contributed by atoms with Crippen LogP contribution in [0.5, 0.6) is 0 Å². The van der Waals surface area contributed by atoms with Crippen LogP contribution in [0.2, 0.25) is 0 Å². The summed E-state index contributed by atoms with van der Waals surface area (Å²) in [6.07, 6.45) is 83.5. The second-order valence-electron chi connectivity index (χ2n) is 21.3. The van der Waals surface area contributed by atoms with Crippen LogP contribution in [0.4, 0.5) is 0 Å². The molecule has 0 aromatic heterocycles. The highest BCUT2D eigenvalue weighted by Crippen LogP contribution is 2.38. The second kappa shape index (κ2) is 57.8. The Morgan fingerprint density at radius 2 is 0.692 bits per heavy atom. The average Bonchev–Trinajstić information content (AvgIpc) is 3.41. The molecule has 2 unspecified atom stereocenters. The van der Waals surface area contributed by atoms with E-state index in [2.05, 4.69) is 148 Å². The maximum absolute atomic E-state index is 12.8. The first kappa shape index (κ1) is 74.2. The third-order valence-electron chi connectivity index (χ3n) is 12.7. The van der Waals surface area contributed by atoms with Gasteiger partial charge < -0.3 is 27.9 Å². The standard InChI is InChI=1S/C68H114NO8P/c1-6-8-10-12-14-16-18-20-22-24-26-28-30-32-33-34-35-37-39-41-43-45-47-49-51-53-55-57-59-61-68(71)77-66(65-76-78(72,73)75-63-62-69(3,4)5)64-74-67(70)60-58-56-54-52-50-48-46-44-42-40-38-36-31-29-27-25-23-21-19-17-15-13-11-9-7-2/h8-11,14-17,20-23,26-29,32-33,35-38,66H,6-7,12-13,18-19,24-25,30-31,34,39-65H2,1-5H3/b10-8-,11-9-,16-14-,17-15-,22-20-,23-21-,28-26-,29-27-,33-32-,37-35-,38-36-. The zero-order valence-corrected chi connectivity index (χ0v) is 51.2. The number of quaternary nitrogens is 1. The molecule has 0 aliphatic carbocycles. The van der Waals surface area contributed by atoms with E-state index in [0.717, 1.165) is 122 Å². The van der Waals surface area contributed by atoms with Crippen LogP contribution in [-0.2, 0) is 32.7 Å². The molecule has 0 aromatic rings. The van der Waals surface area contributed by atoms with Crippen molar-refractivity contribution in [3.63, 3.8) is 0 Å². The topological polar surface area (TPSA) is 111 Å². The molecule has 10 heteroatoms. The molecule has 0 aromatic carbocycles. The highest BCUT2D eigenvalue weighted by atomic mass is 31.2. The Labute approximate surface area is 479 Å². The Morgan fingerprint density at radius 3 is 1.03 bits per heavy atom. The fourth-order valence-corrected chi connectivity index (χ4v) is 8.71. The van der Waals surface area contributed by atoms with Crippen LogP contribution in [-0.4, -0.2) is 70.0 Å². The van der Waals surface area contributed by atoms with Gasteiger partial charge in [0, 0.05) is 12.8 Å². The highest BCUT2D eigenvalue weighted by Gasteiger charge is 2.22. The number of ether oxygens (including phenoxy) is 2. The lowest BCUT2D eigenvalue weighted by molar-refractivity contribution is -0.870. The summed E-state index contributed by atoms with van der Waals surface area (Å²) in [5.74, 6) is -0.852. The normalized spacial score (nSPS) is 14.2. The van der Waals surface area contributed by atoms with Crippen molar-refractivity contribution in [1.29, 1.82) is 0 Å². The van der Waals surface area contributed by atoms with Gasteiger partial charge in [0.05, 0.1) is 27.7 Å². The predicted molar refractivity (Wildman–Crippen MR) is 332 cm³/mol. The Morgan fingerprint density at radius 1 is 0.397 bits per heavy atom. The first-order valence-corrected chi connectivity index (χ1v) is 32.4. The molecule has 0 aliphatic rings. The molecule has 0 bridgehead atoms. The van der Waals surface area contributed by atoms with Gasteiger partial charge in [0.2, 0.25) is 0 Å². The van der Waals surface area contributed by atoms with Crippen molar-refractivity contribution < 1.29 is 42.1 Å². The van der Waals surface area contributed by atoms with Crippen molar-refractivity contribution in [3.05, 3.63) is 134 Å². The number of carbonyl (C=O) groups is 2. The van der Waals surface area contributed by atoms with Crippen molar-refractivity contribution >= 4 is 19.8 Å². The fourth-order valence-electron chi connectivity index (χ4n) is 7.98. The van der Waals surface area contributed by atoms with E-state index >= 15 is 0 Å². The van der Waals surface area contributed by atoms with E-state index in [4.69, 9.17) is 18.5 Å². The van der Waals surface area contributed by atoms with Crippen LogP contribution in [0.15, 0.2) is 134 Å². The minimum atomic E-state index is -4.65. The molecule has 9 nitrogen and oxygen atoms in total. The number of phosphoric acid groups is 1. The van der Waals surface area contributed by atoms with E-state index in [9.17, 15) is 19.0 Å². The molecule has 2 atom stereocenters. The van der Waals surface area contributed by atoms with Gasteiger partial charge in [0.15, 0.2) is 6.10 Å². The van der Waals surface area contributed by atoms with Gasteiger partial charge in [-0.25, -0.2) is 0 Å². The number of esters is 2. The Hall–Kier alpha value is -3.85. The minimum Gasteiger partial charge on any atom is -0.756 e. The molecule has 0 heterocycles. The zero-order chi connectivity index (χ0) is 57.0. The summed E-state index contributed by atoms with van der Waals surface area (Å²) >= 11 is 0. The van der Waals surface area contributed by atoms with Crippen LogP contribution in [0.1, 0.15) is 232 Å². The lowest BCUT2D eigenvalue weighted by Gasteiger charge is -2.28. The summed E-state index contributed by atoms with van der Waals surface area (Å²) in [4.78, 5) is 38.0. The van der Waals surface area contributed by atoms with E-state index in [1.54, 1.807) is 0 Å². The maximum Gasteiger partial charge on any atom is 0.306 e. The zero-order valence-electron chi connectivity index (χ0n) is 50.3. The van der Waals surface area contributed by atoms with E-state index < -0.39 is 32.5 Å². The number of likely N-dealkylation sites (N-methyl/N-ethyl adjacent to an activating group) is 1. The summed E-state index contributed by atoms with van der Waals surface area (Å²) in [7, 11) is 1.14. The van der Waals surface area contributed by atoms with E-state index in [0.29, 0.717) is 23.9 Å². The number of carbonyl (C=O) groups excluding carboxylic acids is 2. The van der Waals surface area contributed by atoms with Crippen molar-refractivity contribution in [2.24, 2.45) is 0 Å². The summed E-state index contributed by atoms with van der Waals surface area (Å²) in [6.45, 7) is 3.99. The van der Waals surface area contributed by atoms with Gasteiger partial charge in [-0.2, -0.15) is 0 Å². The number of hydrogen-bond donors (Lipinski definition) is 0. The van der Waals surface area contributed by atoms with E-state index in [-0.39, 0.29) is 26.1 Å². The van der Waals surface area contributed by atoms with Crippen molar-refractivity contribution in [1.82, 2.24) is 0 Å². The van der Waals surface area contributed by atoms with Crippen LogP contribution < -0.4 is 4.89 Å². The predicted octanol–water partition coefficient (Wildman–Crippen LogP) is 19.1.